The molecule has 0 aliphatic carbocycles. The first-order valence-corrected chi connectivity index (χ1v) is 8.37. The van der Waals surface area contributed by atoms with Gasteiger partial charge < -0.3 is 10.2 Å². The first-order chi connectivity index (χ1) is 10.5. The molecule has 6 heteroatoms. The zero-order valence-electron chi connectivity index (χ0n) is 15.1. The number of amides is 1. The lowest BCUT2D eigenvalue weighted by atomic mass is 10.1. The quantitative estimate of drug-likeness (QED) is 0.857. The third kappa shape index (κ3) is 6.25. The molecule has 1 amide bonds. The molecule has 24 heavy (non-hydrogen) atoms. The molecule has 2 rings (SSSR count). The highest BCUT2D eigenvalue weighted by Gasteiger charge is 2.21. The van der Waals surface area contributed by atoms with Crippen molar-refractivity contribution < 1.29 is 4.79 Å². The third-order valence-corrected chi connectivity index (χ3v) is 4.38. The van der Waals surface area contributed by atoms with Crippen LogP contribution >= 0.6 is 24.8 Å². The minimum Gasteiger partial charge on any atom is -0.336 e. The summed E-state index contributed by atoms with van der Waals surface area (Å²) >= 11 is 0. The minimum atomic E-state index is 0. The van der Waals surface area contributed by atoms with Gasteiger partial charge in [-0.3, -0.25) is 9.69 Å². The molecule has 1 aliphatic heterocycles. The second-order valence-electron chi connectivity index (χ2n) is 6.46. The average molecular weight is 376 g/mol. The monoisotopic (exact) mass is 375 g/mol. The van der Waals surface area contributed by atoms with Gasteiger partial charge in [-0.2, -0.15) is 0 Å². The number of benzene rings is 1. The summed E-state index contributed by atoms with van der Waals surface area (Å²) < 4.78 is 0. The molecule has 1 N–H and O–H groups in total. The van der Waals surface area contributed by atoms with E-state index < -0.39 is 0 Å². The molecular weight excluding hydrogens is 345 g/mol. The summed E-state index contributed by atoms with van der Waals surface area (Å²) in [6.07, 6.45) is 0. The molecule has 1 aromatic carbocycles. The highest BCUT2D eigenvalue weighted by atomic mass is 35.5. The molecule has 4 nitrogen and oxygen atoms in total. The van der Waals surface area contributed by atoms with E-state index in [-0.39, 0.29) is 30.7 Å². The van der Waals surface area contributed by atoms with Crippen LogP contribution in [-0.2, 0) is 6.54 Å². The second-order valence-corrected chi connectivity index (χ2v) is 6.46. The molecule has 1 atom stereocenters. The number of rotatable bonds is 5. The Bertz CT molecular complexity index is 494. The molecule has 1 heterocycles. The SMILES string of the molecule is CCN(Cc1ccc(C(=O)N2CCNC(C)C2)cc1)C(C)C.Cl.Cl. The van der Waals surface area contributed by atoms with Crippen molar-refractivity contribution in [3.63, 3.8) is 0 Å². The van der Waals surface area contributed by atoms with Crippen molar-refractivity contribution in [2.75, 3.05) is 26.2 Å². The summed E-state index contributed by atoms with van der Waals surface area (Å²) in [5.41, 5.74) is 2.06. The molecule has 1 aromatic rings. The Morgan fingerprint density at radius 2 is 1.92 bits per heavy atom. The van der Waals surface area contributed by atoms with Crippen molar-refractivity contribution in [2.45, 2.75) is 46.3 Å². The Kier molecular flexibility index (Phi) is 10.6. The summed E-state index contributed by atoms with van der Waals surface area (Å²) in [7, 11) is 0. The number of hydrogen-bond acceptors (Lipinski definition) is 3. The van der Waals surface area contributed by atoms with Gasteiger partial charge in [0.25, 0.3) is 5.91 Å². The first-order valence-electron chi connectivity index (χ1n) is 8.37. The molecule has 0 aromatic heterocycles. The molecule has 138 valence electrons. The number of halogens is 2. The highest BCUT2D eigenvalue weighted by Crippen LogP contribution is 2.12. The third-order valence-electron chi connectivity index (χ3n) is 4.38. The maximum atomic E-state index is 12.5. The van der Waals surface area contributed by atoms with Crippen LogP contribution in [-0.4, -0.2) is 54.0 Å². The lowest BCUT2D eigenvalue weighted by Gasteiger charge is -2.32. The van der Waals surface area contributed by atoms with E-state index in [0.29, 0.717) is 12.1 Å². The molecule has 0 radical (unpaired) electrons. The minimum absolute atomic E-state index is 0. The zero-order valence-corrected chi connectivity index (χ0v) is 16.8. The van der Waals surface area contributed by atoms with Crippen molar-refractivity contribution in [1.82, 2.24) is 15.1 Å². The lowest BCUT2D eigenvalue weighted by Crippen LogP contribution is -2.51. The van der Waals surface area contributed by atoms with Crippen LogP contribution in [0.1, 0.15) is 43.6 Å². The lowest BCUT2D eigenvalue weighted by molar-refractivity contribution is 0.0709. The fraction of sp³-hybridized carbons (Fsp3) is 0.611. The van der Waals surface area contributed by atoms with E-state index >= 15 is 0 Å². The summed E-state index contributed by atoms with van der Waals surface area (Å²) in [4.78, 5) is 16.9. The van der Waals surface area contributed by atoms with Gasteiger partial charge in [0, 0.05) is 43.8 Å². The van der Waals surface area contributed by atoms with Crippen LogP contribution in [0.25, 0.3) is 0 Å². The zero-order chi connectivity index (χ0) is 16.1. The Morgan fingerprint density at radius 3 is 2.42 bits per heavy atom. The first kappa shape index (κ1) is 23.2. The van der Waals surface area contributed by atoms with Gasteiger partial charge in [-0.1, -0.05) is 19.1 Å². The fourth-order valence-electron chi connectivity index (χ4n) is 2.95. The molecule has 1 unspecified atom stereocenters. The van der Waals surface area contributed by atoms with E-state index in [9.17, 15) is 4.79 Å². The number of piperazine rings is 1. The van der Waals surface area contributed by atoms with Gasteiger partial charge in [-0.15, -0.1) is 24.8 Å². The van der Waals surface area contributed by atoms with Gasteiger partial charge in [0.15, 0.2) is 0 Å². The maximum absolute atomic E-state index is 12.5. The highest BCUT2D eigenvalue weighted by molar-refractivity contribution is 5.94. The average Bonchev–Trinajstić information content (AvgIpc) is 2.52. The normalized spacial score (nSPS) is 17.4. The van der Waals surface area contributed by atoms with Crippen LogP contribution in [0.15, 0.2) is 24.3 Å². The van der Waals surface area contributed by atoms with Crippen LogP contribution in [0.5, 0.6) is 0 Å². The Balaban J connectivity index is 0.00000264. The summed E-state index contributed by atoms with van der Waals surface area (Å²) in [5.74, 6) is 0.149. The molecular formula is C18H31Cl2N3O. The predicted molar refractivity (Wildman–Crippen MR) is 106 cm³/mol. The van der Waals surface area contributed by atoms with E-state index in [4.69, 9.17) is 0 Å². The molecule has 0 saturated carbocycles. The predicted octanol–water partition coefficient (Wildman–Crippen LogP) is 3.19. The van der Waals surface area contributed by atoms with E-state index in [0.717, 1.165) is 38.3 Å². The number of carbonyl (C=O) groups excluding carboxylic acids is 1. The summed E-state index contributed by atoms with van der Waals surface area (Å²) in [6, 6.07) is 9.03. The topological polar surface area (TPSA) is 35.6 Å². The van der Waals surface area contributed by atoms with Gasteiger partial charge in [0.1, 0.15) is 0 Å². The van der Waals surface area contributed by atoms with Crippen LogP contribution < -0.4 is 5.32 Å². The fourth-order valence-corrected chi connectivity index (χ4v) is 2.95. The molecule has 0 bridgehead atoms. The number of nitrogens with zero attached hydrogens (tertiary/aromatic N) is 2. The van der Waals surface area contributed by atoms with Crippen LogP contribution in [0.2, 0.25) is 0 Å². The van der Waals surface area contributed by atoms with Crippen LogP contribution in [0.3, 0.4) is 0 Å². The van der Waals surface area contributed by atoms with Gasteiger partial charge in [-0.05, 0) is 45.0 Å². The number of carbonyl (C=O) groups is 1. The molecule has 1 fully saturated rings. The number of nitrogens with one attached hydrogen (secondary N) is 1. The maximum Gasteiger partial charge on any atom is 0.253 e. The van der Waals surface area contributed by atoms with Crippen molar-refractivity contribution in [3.05, 3.63) is 35.4 Å². The van der Waals surface area contributed by atoms with E-state index in [1.807, 2.05) is 17.0 Å². The molecule has 0 spiro atoms. The molecule has 1 aliphatic rings. The largest absolute Gasteiger partial charge is 0.336 e. The van der Waals surface area contributed by atoms with E-state index in [2.05, 4.69) is 50.0 Å². The second kappa shape index (κ2) is 10.9. The smallest absolute Gasteiger partial charge is 0.253 e. The van der Waals surface area contributed by atoms with Gasteiger partial charge >= 0.3 is 0 Å². The van der Waals surface area contributed by atoms with Crippen molar-refractivity contribution in [2.24, 2.45) is 0 Å². The van der Waals surface area contributed by atoms with Gasteiger partial charge in [-0.25, -0.2) is 0 Å². The van der Waals surface area contributed by atoms with Crippen molar-refractivity contribution in [1.29, 1.82) is 0 Å². The standard InChI is InChI=1S/C18H29N3O.2ClH/c1-5-20(14(2)3)13-16-6-8-17(9-7-16)18(22)21-11-10-19-15(4)12-21;;/h6-9,14-15,19H,5,10-13H2,1-4H3;2*1H. The van der Waals surface area contributed by atoms with Gasteiger partial charge in [0.2, 0.25) is 0 Å². The van der Waals surface area contributed by atoms with Crippen molar-refractivity contribution in [3.8, 4) is 0 Å². The summed E-state index contributed by atoms with van der Waals surface area (Å²) in [6.45, 7) is 13.2. The Labute approximate surface area is 158 Å². The molecule has 1 saturated heterocycles. The van der Waals surface area contributed by atoms with E-state index in [1.165, 1.54) is 5.56 Å². The van der Waals surface area contributed by atoms with E-state index in [1.54, 1.807) is 0 Å². The van der Waals surface area contributed by atoms with Gasteiger partial charge in [0.05, 0.1) is 0 Å². The summed E-state index contributed by atoms with van der Waals surface area (Å²) in [5, 5.41) is 3.37. The Hall–Kier alpha value is -0.810. The van der Waals surface area contributed by atoms with Crippen LogP contribution in [0.4, 0.5) is 0 Å². The Morgan fingerprint density at radius 1 is 1.29 bits per heavy atom. The van der Waals surface area contributed by atoms with Crippen LogP contribution in [0, 0.1) is 0 Å². The number of hydrogen-bond donors (Lipinski definition) is 1. The van der Waals surface area contributed by atoms with Crippen molar-refractivity contribution >= 4 is 30.7 Å².